The van der Waals surface area contributed by atoms with Crippen molar-refractivity contribution in [3.05, 3.63) is 103 Å². The lowest BCUT2D eigenvalue weighted by molar-refractivity contribution is -0.256. The number of rotatable bonds is 5. The van der Waals surface area contributed by atoms with Crippen LogP contribution >= 0.6 is 11.8 Å². The van der Waals surface area contributed by atoms with Gasteiger partial charge in [-0.3, -0.25) is 0 Å². The van der Waals surface area contributed by atoms with E-state index in [0.717, 1.165) is 28.2 Å². The Labute approximate surface area is 192 Å². The van der Waals surface area contributed by atoms with E-state index in [1.807, 2.05) is 60.7 Å². The summed E-state index contributed by atoms with van der Waals surface area (Å²) in [6.07, 6.45) is -3.34. The van der Waals surface area contributed by atoms with Crippen molar-refractivity contribution in [2.45, 2.75) is 16.7 Å². The Morgan fingerprint density at radius 1 is 0.818 bits per heavy atom. The average molecular weight is 465 g/mol. The molecule has 1 unspecified atom stereocenters. The Morgan fingerprint density at radius 3 is 2.33 bits per heavy atom. The number of aromatic nitrogens is 2. The van der Waals surface area contributed by atoms with Crippen LogP contribution in [0.1, 0.15) is 5.56 Å². The van der Waals surface area contributed by atoms with Gasteiger partial charge in [0.15, 0.2) is 5.60 Å². The summed E-state index contributed by atoms with van der Waals surface area (Å²) in [7, 11) is 0. The maximum absolute atomic E-state index is 14.2. The molecule has 0 aliphatic carbocycles. The van der Waals surface area contributed by atoms with Crippen molar-refractivity contribution < 1.29 is 18.3 Å². The first-order valence-corrected chi connectivity index (χ1v) is 11.3. The molecule has 7 heteroatoms. The fraction of sp³-hybridized carbons (Fsp3) is 0.115. The number of thioether (sulfide) groups is 1. The third-order valence-electron chi connectivity index (χ3n) is 5.70. The minimum atomic E-state index is -4.85. The van der Waals surface area contributed by atoms with Crippen LogP contribution in [0.15, 0.2) is 102 Å². The predicted octanol–water partition coefficient (Wildman–Crippen LogP) is 6.72. The van der Waals surface area contributed by atoms with Gasteiger partial charge in [0, 0.05) is 16.0 Å². The molecule has 0 saturated heterocycles. The van der Waals surface area contributed by atoms with Gasteiger partial charge < -0.3 is 5.11 Å². The van der Waals surface area contributed by atoms with Crippen LogP contribution in [0.4, 0.5) is 13.2 Å². The number of benzene rings is 4. The molecule has 1 N–H and O–H groups in total. The number of halogens is 3. The molecule has 5 aromatic rings. The van der Waals surface area contributed by atoms with Crippen LogP contribution in [-0.2, 0) is 5.60 Å². The standard InChI is InChI=1S/C26H19F3N2OS/c27-26(28,29)25(32,17-33-24-12-6-8-18-7-4-5-11-22(18)24)20-13-14-23-19(15-20)16-30-31(23)21-9-2-1-3-10-21/h1-16,32H,17H2. The Kier molecular flexibility index (Phi) is 5.38. The molecule has 1 aromatic heterocycles. The van der Waals surface area contributed by atoms with E-state index in [2.05, 4.69) is 5.10 Å². The van der Waals surface area contributed by atoms with Crippen LogP contribution in [0.2, 0.25) is 0 Å². The van der Waals surface area contributed by atoms with Crippen molar-refractivity contribution in [2.24, 2.45) is 0 Å². The summed E-state index contributed by atoms with van der Waals surface area (Å²) >= 11 is 0.995. The Bertz CT molecular complexity index is 1430. The molecular weight excluding hydrogens is 445 g/mol. The second-order valence-corrected chi connectivity index (χ2v) is 8.81. The normalized spacial score (nSPS) is 13.9. The SMILES string of the molecule is OC(CSc1cccc2ccccc12)(c1ccc2c(cnn2-c2ccccc2)c1)C(F)(F)F. The van der Waals surface area contributed by atoms with Gasteiger partial charge >= 0.3 is 6.18 Å². The molecule has 3 nitrogen and oxygen atoms in total. The van der Waals surface area contributed by atoms with E-state index in [1.165, 1.54) is 18.3 Å². The Morgan fingerprint density at radius 2 is 1.55 bits per heavy atom. The molecule has 0 spiro atoms. The molecule has 0 radical (unpaired) electrons. The molecule has 166 valence electrons. The zero-order chi connectivity index (χ0) is 23.1. The van der Waals surface area contributed by atoms with E-state index in [-0.39, 0.29) is 5.56 Å². The molecule has 0 fully saturated rings. The highest BCUT2D eigenvalue weighted by molar-refractivity contribution is 7.99. The summed E-state index contributed by atoms with van der Waals surface area (Å²) in [4.78, 5) is 0.689. The van der Waals surface area contributed by atoms with Crippen LogP contribution in [0, 0.1) is 0 Å². The molecule has 5 rings (SSSR count). The fourth-order valence-corrected chi connectivity index (χ4v) is 5.11. The molecule has 1 heterocycles. The third-order valence-corrected chi connectivity index (χ3v) is 6.93. The van der Waals surface area contributed by atoms with Gasteiger partial charge in [-0.1, -0.05) is 60.7 Å². The van der Waals surface area contributed by atoms with Crippen LogP contribution in [-0.4, -0.2) is 26.8 Å². The topological polar surface area (TPSA) is 38.1 Å². The second-order valence-electron chi connectivity index (χ2n) is 7.79. The van der Waals surface area contributed by atoms with E-state index in [0.29, 0.717) is 15.8 Å². The summed E-state index contributed by atoms with van der Waals surface area (Å²) in [5.74, 6) is -0.567. The van der Waals surface area contributed by atoms with Crippen LogP contribution in [0.25, 0.3) is 27.4 Å². The summed E-state index contributed by atoms with van der Waals surface area (Å²) in [5.41, 5.74) is -1.76. The molecular formula is C26H19F3N2OS. The zero-order valence-corrected chi connectivity index (χ0v) is 18.1. The van der Waals surface area contributed by atoms with E-state index < -0.39 is 17.5 Å². The number of nitrogens with zero attached hydrogens (tertiary/aromatic N) is 2. The Hall–Kier alpha value is -3.29. The molecule has 0 aliphatic heterocycles. The zero-order valence-electron chi connectivity index (χ0n) is 17.3. The number of alkyl halides is 3. The van der Waals surface area contributed by atoms with Gasteiger partial charge in [-0.25, -0.2) is 4.68 Å². The largest absolute Gasteiger partial charge is 0.422 e. The van der Waals surface area contributed by atoms with Gasteiger partial charge in [0.05, 0.1) is 17.4 Å². The van der Waals surface area contributed by atoms with Gasteiger partial charge in [-0.15, -0.1) is 11.8 Å². The first-order chi connectivity index (χ1) is 15.9. The third kappa shape index (κ3) is 3.87. The monoisotopic (exact) mass is 464 g/mol. The average Bonchev–Trinajstić information content (AvgIpc) is 3.25. The quantitative estimate of drug-likeness (QED) is 0.294. The van der Waals surface area contributed by atoms with Gasteiger partial charge in [-0.2, -0.15) is 18.3 Å². The lowest BCUT2D eigenvalue weighted by Gasteiger charge is -2.31. The van der Waals surface area contributed by atoms with Gasteiger partial charge in [0.25, 0.3) is 0 Å². The highest BCUT2D eigenvalue weighted by Gasteiger charge is 2.55. The first-order valence-electron chi connectivity index (χ1n) is 10.3. The first kappa shape index (κ1) is 21.6. The number of hydrogen-bond acceptors (Lipinski definition) is 3. The summed E-state index contributed by atoms with van der Waals surface area (Å²) < 4.78 is 44.2. The van der Waals surface area contributed by atoms with Crippen LogP contribution in [0.5, 0.6) is 0 Å². The van der Waals surface area contributed by atoms with Gasteiger partial charge in [0.1, 0.15) is 0 Å². The van der Waals surface area contributed by atoms with E-state index in [4.69, 9.17) is 0 Å². The highest BCUT2D eigenvalue weighted by Crippen LogP contribution is 2.44. The van der Waals surface area contributed by atoms with Crippen molar-refractivity contribution in [2.75, 3.05) is 5.75 Å². The maximum atomic E-state index is 14.2. The summed E-state index contributed by atoms with van der Waals surface area (Å²) in [6.45, 7) is 0. The van der Waals surface area contributed by atoms with Crippen molar-refractivity contribution in [1.82, 2.24) is 9.78 Å². The lowest BCUT2D eigenvalue weighted by Crippen LogP contribution is -2.44. The second kappa shape index (κ2) is 8.24. The van der Waals surface area contributed by atoms with Crippen molar-refractivity contribution in [3.8, 4) is 5.69 Å². The van der Waals surface area contributed by atoms with Crippen molar-refractivity contribution >= 4 is 33.4 Å². The number of aliphatic hydroxyl groups is 1. The predicted molar refractivity (Wildman–Crippen MR) is 126 cm³/mol. The fourth-order valence-electron chi connectivity index (χ4n) is 3.90. The van der Waals surface area contributed by atoms with E-state index in [9.17, 15) is 18.3 Å². The minimum absolute atomic E-state index is 0.206. The Balaban J connectivity index is 1.52. The van der Waals surface area contributed by atoms with E-state index >= 15 is 0 Å². The van der Waals surface area contributed by atoms with Crippen LogP contribution in [0.3, 0.4) is 0 Å². The number of para-hydroxylation sites is 1. The minimum Gasteiger partial charge on any atom is -0.376 e. The van der Waals surface area contributed by atoms with Gasteiger partial charge in [-0.05, 0) is 46.7 Å². The highest BCUT2D eigenvalue weighted by atomic mass is 32.2. The molecule has 0 saturated carbocycles. The van der Waals surface area contributed by atoms with Crippen LogP contribution < -0.4 is 0 Å². The van der Waals surface area contributed by atoms with Crippen molar-refractivity contribution in [3.63, 3.8) is 0 Å². The molecule has 4 aromatic carbocycles. The molecule has 0 amide bonds. The molecule has 0 bridgehead atoms. The maximum Gasteiger partial charge on any atom is 0.422 e. The van der Waals surface area contributed by atoms with Gasteiger partial charge in [0.2, 0.25) is 0 Å². The number of hydrogen-bond donors (Lipinski definition) is 1. The smallest absolute Gasteiger partial charge is 0.376 e. The molecule has 0 aliphatic rings. The van der Waals surface area contributed by atoms with Crippen molar-refractivity contribution in [1.29, 1.82) is 0 Å². The van der Waals surface area contributed by atoms with E-state index in [1.54, 1.807) is 22.9 Å². The molecule has 33 heavy (non-hydrogen) atoms. The number of fused-ring (bicyclic) bond motifs is 2. The lowest BCUT2D eigenvalue weighted by atomic mass is 9.94. The summed E-state index contributed by atoms with van der Waals surface area (Å²) in [5, 5.41) is 17.6. The summed E-state index contributed by atoms with van der Waals surface area (Å²) in [6, 6.07) is 26.6. The molecule has 1 atom stereocenters.